The topological polar surface area (TPSA) is 118 Å². The first-order chi connectivity index (χ1) is 16.3. The van der Waals surface area contributed by atoms with Crippen LogP contribution in [-0.4, -0.2) is 78.0 Å². The number of aliphatic hydroxyl groups excluding tert-OH is 1. The molecule has 2 amide bonds. The number of hydrogen-bond donors (Lipinski definition) is 2. The number of carbonyl (C=O) groups excluding carboxylic acids is 2. The standard InChI is InChI=1S/C25H36N4O5.ClH/c1-15(30)22(26)25(32)28-12-10-17(11-13-28)29-24(31)19-7-5-4-6-18(19)23(27-29)16-8-9-20(33-2)21(14-16)34-3;/h8-9,14-15,17-19,22,30H,4-7,10-13,26H2,1-3H3;1H/t15-,18+,19-,22+;/m1./s1. The van der Waals surface area contributed by atoms with E-state index in [0.29, 0.717) is 37.4 Å². The number of carbonyl (C=O) groups is 2. The number of hydrogen-bond acceptors (Lipinski definition) is 7. The molecular formula is C25H37ClN4O5. The summed E-state index contributed by atoms with van der Waals surface area (Å²) in [7, 11) is 3.22. The third kappa shape index (κ3) is 5.42. The van der Waals surface area contributed by atoms with Crippen LogP contribution in [0.15, 0.2) is 23.3 Å². The van der Waals surface area contributed by atoms with Gasteiger partial charge in [-0.25, -0.2) is 5.01 Å². The van der Waals surface area contributed by atoms with Crippen LogP contribution in [0.25, 0.3) is 0 Å². The number of nitrogens with two attached hydrogens (primary N) is 1. The lowest BCUT2D eigenvalue weighted by Gasteiger charge is -2.43. The van der Waals surface area contributed by atoms with Gasteiger partial charge in [-0.1, -0.05) is 12.8 Å². The van der Waals surface area contributed by atoms with Crippen molar-refractivity contribution in [1.29, 1.82) is 0 Å². The van der Waals surface area contributed by atoms with Crippen LogP contribution in [0.4, 0.5) is 0 Å². The summed E-state index contributed by atoms with van der Waals surface area (Å²) in [4.78, 5) is 27.7. The maximum atomic E-state index is 13.5. The van der Waals surface area contributed by atoms with E-state index in [1.807, 2.05) is 18.2 Å². The highest BCUT2D eigenvalue weighted by molar-refractivity contribution is 6.07. The Hall–Kier alpha value is -2.36. The van der Waals surface area contributed by atoms with Gasteiger partial charge < -0.3 is 25.2 Å². The summed E-state index contributed by atoms with van der Waals surface area (Å²) in [5.41, 5.74) is 7.72. The molecule has 194 valence electrons. The molecule has 10 heteroatoms. The van der Waals surface area contributed by atoms with E-state index in [-0.39, 0.29) is 42.1 Å². The molecule has 1 aromatic carbocycles. The van der Waals surface area contributed by atoms with Crippen molar-refractivity contribution in [2.24, 2.45) is 22.7 Å². The van der Waals surface area contributed by atoms with Crippen molar-refractivity contribution in [3.8, 4) is 11.5 Å². The molecule has 2 fully saturated rings. The summed E-state index contributed by atoms with van der Waals surface area (Å²) >= 11 is 0. The summed E-state index contributed by atoms with van der Waals surface area (Å²) in [5, 5.41) is 16.3. The maximum Gasteiger partial charge on any atom is 0.246 e. The lowest BCUT2D eigenvalue weighted by molar-refractivity contribution is -0.143. The third-order valence-electron chi connectivity index (χ3n) is 7.48. The van der Waals surface area contributed by atoms with Crippen molar-refractivity contribution in [1.82, 2.24) is 9.91 Å². The number of ether oxygens (including phenoxy) is 2. The average Bonchev–Trinajstić information content (AvgIpc) is 2.88. The van der Waals surface area contributed by atoms with E-state index in [4.69, 9.17) is 20.3 Å². The molecular weight excluding hydrogens is 472 g/mol. The molecule has 3 aliphatic rings. The van der Waals surface area contributed by atoms with Crippen LogP contribution < -0.4 is 15.2 Å². The number of aliphatic hydroxyl groups is 1. The number of fused-ring (bicyclic) bond motifs is 1. The number of amides is 2. The SMILES string of the molecule is COc1ccc(C2=NN(C3CCN(C(=O)[C@@H](N)[C@@H](C)O)CC3)C(=O)[C@@H]3CCCC[C@H]23)cc1OC.Cl. The Labute approximate surface area is 213 Å². The first-order valence-corrected chi connectivity index (χ1v) is 12.2. The third-order valence-corrected chi connectivity index (χ3v) is 7.48. The Kier molecular flexibility index (Phi) is 9.01. The number of rotatable bonds is 6. The second kappa shape index (κ2) is 11.6. The van der Waals surface area contributed by atoms with Crippen LogP contribution in [0.1, 0.15) is 51.0 Å². The lowest BCUT2D eigenvalue weighted by atomic mass is 9.73. The Morgan fingerprint density at radius 2 is 1.71 bits per heavy atom. The van der Waals surface area contributed by atoms with Gasteiger partial charge in [0.25, 0.3) is 0 Å². The minimum atomic E-state index is -0.925. The van der Waals surface area contributed by atoms with Gasteiger partial charge in [-0.05, 0) is 50.8 Å². The number of likely N-dealkylation sites (tertiary alicyclic amines) is 1. The molecule has 2 heterocycles. The minimum Gasteiger partial charge on any atom is -0.493 e. The summed E-state index contributed by atoms with van der Waals surface area (Å²) in [5.74, 6) is 1.17. The Morgan fingerprint density at radius 3 is 2.31 bits per heavy atom. The highest BCUT2D eigenvalue weighted by Crippen LogP contribution is 2.40. The van der Waals surface area contributed by atoms with E-state index in [1.54, 1.807) is 24.1 Å². The quantitative estimate of drug-likeness (QED) is 0.608. The van der Waals surface area contributed by atoms with Gasteiger partial charge in [-0.3, -0.25) is 9.59 Å². The normalized spacial score (nSPS) is 24.6. The highest BCUT2D eigenvalue weighted by atomic mass is 35.5. The van der Waals surface area contributed by atoms with Gasteiger partial charge in [-0.2, -0.15) is 5.10 Å². The minimum absolute atomic E-state index is 0. The summed E-state index contributed by atoms with van der Waals surface area (Å²) in [6.07, 6.45) is 4.31. The molecule has 0 bridgehead atoms. The molecule has 1 aliphatic carbocycles. The van der Waals surface area contributed by atoms with E-state index in [0.717, 1.165) is 37.0 Å². The smallest absolute Gasteiger partial charge is 0.246 e. The van der Waals surface area contributed by atoms with E-state index in [9.17, 15) is 14.7 Å². The van der Waals surface area contributed by atoms with Crippen LogP contribution in [-0.2, 0) is 9.59 Å². The van der Waals surface area contributed by atoms with Gasteiger partial charge >= 0.3 is 0 Å². The molecule has 1 aromatic rings. The van der Waals surface area contributed by atoms with Crippen molar-refractivity contribution < 1.29 is 24.2 Å². The molecule has 35 heavy (non-hydrogen) atoms. The van der Waals surface area contributed by atoms with Gasteiger partial charge in [0.05, 0.1) is 32.1 Å². The predicted octanol–water partition coefficient (Wildman–Crippen LogP) is 2.18. The highest BCUT2D eigenvalue weighted by Gasteiger charge is 2.44. The largest absolute Gasteiger partial charge is 0.493 e. The van der Waals surface area contributed by atoms with Crippen molar-refractivity contribution in [2.75, 3.05) is 27.3 Å². The molecule has 0 radical (unpaired) electrons. The summed E-state index contributed by atoms with van der Waals surface area (Å²) in [6, 6.07) is 4.81. The van der Waals surface area contributed by atoms with Crippen molar-refractivity contribution in [3.63, 3.8) is 0 Å². The molecule has 0 aromatic heterocycles. The van der Waals surface area contributed by atoms with Crippen molar-refractivity contribution in [3.05, 3.63) is 23.8 Å². The zero-order valence-corrected chi connectivity index (χ0v) is 21.5. The molecule has 0 unspecified atom stereocenters. The number of benzene rings is 1. The Balaban J connectivity index is 0.00000342. The number of nitrogens with zero attached hydrogens (tertiary/aromatic N) is 3. The van der Waals surface area contributed by atoms with E-state index in [2.05, 4.69) is 0 Å². The first kappa shape index (κ1) is 27.2. The second-order valence-electron chi connectivity index (χ2n) is 9.56. The molecule has 0 spiro atoms. The molecule has 9 nitrogen and oxygen atoms in total. The molecule has 4 rings (SSSR count). The van der Waals surface area contributed by atoms with Crippen LogP contribution in [0.5, 0.6) is 11.5 Å². The number of methoxy groups -OCH3 is 2. The Bertz CT molecular complexity index is 948. The van der Waals surface area contributed by atoms with E-state index < -0.39 is 12.1 Å². The first-order valence-electron chi connectivity index (χ1n) is 12.2. The Morgan fingerprint density at radius 1 is 1.09 bits per heavy atom. The van der Waals surface area contributed by atoms with Crippen LogP contribution in [0.3, 0.4) is 0 Å². The van der Waals surface area contributed by atoms with Crippen LogP contribution in [0.2, 0.25) is 0 Å². The van der Waals surface area contributed by atoms with Crippen molar-refractivity contribution >= 4 is 29.9 Å². The fourth-order valence-corrected chi connectivity index (χ4v) is 5.44. The van der Waals surface area contributed by atoms with Gasteiger partial charge in [0.15, 0.2) is 11.5 Å². The number of halogens is 1. The van der Waals surface area contributed by atoms with Crippen molar-refractivity contribution in [2.45, 2.75) is 63.6 Å². The van der Waals surface area contributed by atoms with Gasteiger partial charge in [-0.15, -0.1) is 12.4 Å². The second-order valence-corrected chi connectivity index (χ2v) is 9.56. The van der Waals surface area contributed by atoms with E-state index in [1.165, 1.54) is 6.92 Å². The fraction of sp³-hybridized carbons (Fsp3) is 0.640. The van der Waals surface area contributed by atoms with E-state index >= 15 is 0 Å². The average molecular weight is 509 g/mol. The molecule has 2 aliphatic heterocycles. The molecule has 4 atom stereocenters. The zero-order valence-electron chi connectivity index (χ0n) is 20.7. The maximum absolute atomic E-state index is 13.5. The zero-order chi connectivity index (χ0) is 24.4. The number of hydrazone groups is 1. The number of piperidine rings is 1. The van der Waals surface area contributed by atoms with Gasteiger partial charge in [0, 0.05) is 30.5 Å². The molecule has 1 saturated carbocycles. The van der Waals surface area contributed by atoms with Gasteiger partial charge in [0.1, 0.15) is 6.04 Å². The summed E-state index contributed by atoms with van der Waals surface area (Å²) < 4.78 is 10.9. The van der Waals surface area contributed by atoms with Crippen LogP contribution >= 0.6 is 12.4 Å². The lowest BCUT2D eigenvalue weighted by Crippen LogP contribution is -2.55. The fourth-order valence-electron chi connectivity index (χ4n) is 5.44. The summed E-state index contributed by atoms with van der Waals surface area (Å²) in [6.45, 7) is 2.50. The van der Waals surface area contributed by atoms with Gasteiger partial charge in [0.2, 0.25) is 11.8 Å². The molecule has 1 saturated heterocycles. The predicted molar refractivity (Wildman–Crippen MR) is 135 cm³/mol. The van der Waals surface area contributed by atoms with Crippen LogP contribution in [0, 0.1) is 11.8 Å². The molecule has 3 N–H and O–H groups in total. The monoisotopic (exact) mass is 508 g/mol.